The van der Waals surface area contributed by atoms with Crippen LogP contribution < -0.4 is 9.64 Å². The second kappa shape index (κ2) is 8.69. The summed E-state index contributed by atoms with van der Waals surface area (Å²) in [4.78, 5) is 32.4. The number of aliphatic hydroxyl groups is 1. The van der Waals surface area contributed by atoms with Gasteiger partial charge in [-0.25, -0.2) is 0 Å². The fourth-order valence-electron chi connectivity index (χ4n) is 4.74. The second-order valence-corrected chi connectivity index (χ2v) is 10.0. The molecule has 0 bridgehead atoms. The standard InChI is InChI=1S/C29H28N2O4/c1-29(2,3)21-9-11-22(12-10-21)31-25(20-6-4-14-30-17-20)24(27(33)28(31)34)26(32)19-8-13-23-18(16-19)7-5-15-35-23/h4,6,8-14,16-17,25,32H,5,7,15H2,1-3H3/b26-24-. The Morgan fingerprint density at radius 3 is 2.54 bits per heavy atom. The largest absolute Gasteiger partial charge is 0.507 e. The number of carbonyl (C=O) groups is 2. The number of rotatable bonds is 3. The van der Waals surface area contributed by atoms with Crippen molar-refractivity contribution in [2.45, 2.75) is 45.1 Å². The van der Waals surface area contributed by atoms with Gasteiger partial charge in [-0.3, -0.25) is 19.5 Å². The third-order valence-electron chi connectivity index (χ3n) is 6.64. The highest BCUT2D eigenvalue weighted by Gasteiger charge is 2.47. The van der Waals surface area contributed by atoms with Gasteiger partial charge in [0.2, 0.25) is 0 Å². The summed E-state index contributed by atoms with van der Waals surface area (Å²) in [7, 11) is 0. The maximum Gasteiger partial charge on any atom is 0.300 e. The number of anilines is 1. The molecule has 1 saturated heterocycles. The Bertz CT molecular complexity index is 1320. The first-order valence-electron chi connectivity index (χ1n) is 11.8. The molecule has 3 aromatic rings. The molecule has 2 aliphatic rings. The van der Waals surface area contributed by atoms with E-state index < -0.39 is 17.7 Å². The van der Waals surface area contributed by atoms with Gasteiger partial charge in [0.05, 0.1) is 18.2 Å². The highest BCUT2D eigenvalue weighted by molar-refractivity contribution is 6.51. The number of aliphatic hydroxyl groups excluding tert-OH is 1. The second-order valence-electron chi connectivity index (χ2n) is 10.0. The van der Waals surface area contributed by atoms with Gasteiger partial charge in [0.1, 0.15) is 11.5 Å². The SMILES string of the molecule is CC(C)(C)c1ccc(N2C(=O)C(=O)/C(=C(\O)c3ccc4c(c3)CCCO4)C2c2cccnc2)cc1. The van der Waals surface area contributed by atoms with Crippen LogP contribution in [0.25, 0.3) is 5.76 Å². The minimum Gasteiger partial charge on any atom is -0.507 e. The number of Topliss-reactive ketones (excluding diaryl/α,β-unsaturated/α-hetero) is 1. The Hall–Kier alpha value is -3.93. The van der Waals surface area contributed by atoms with E-state index in [4.69, 9.17) is 4.74 Å². The number of hydrogen-bond acceptors (Lipinski definition) is 5. The quantitative estimate of drug-likeness (QED) is 0.319. The summed E-state index contributed by atoms with van der Waals surface area (Å²) in [5.41, 5.74) is 3.83. The van der Waals surface area contributed by atoms with Gasteiger partial charge in [0.25, 0.3) is 11.7 Å². The van der Waals surface area contributed by atoms with E-state index in [1.807, 2.05) is 42.5 Å². The van der Waals surface area contributed by atoms with Gasteiger partial charge < -0.3 is 9.84 Å². The van der Waals surface area contributed by atoms with Crippen LogP contribution in [0.3, 0.4) is 0 Å². The molecule has 2 aromatic carbocycles. The molecule has 1 N–H and O–H groups in total. The number of benzene rings is 2. The molecule has 1 aromatic heterocycles. The number of aromatic nitrogens is 1. The molecule has 6 heteroatoms. The van der Waals surface area contributed by atoms with Crippen LogP contribution in [0.1, 0.15) is 55.5 Å². The average molecular weight is 469 g/mol. The van der Waals surface area contributed by atoms with E-state index in [2.05, 4.69) is 25.8 Å². The first kappa shape index (κ1) is 22.8. The Morgan fingerprint density at radius 2 is 1.86 bits per heavy atom. The first-order chi connectivity index (χ1) is 16.8. The number of ketones is 1. The zero-order valence-corrected chi connectivity index (χ0v) is 20.1. The number of amides is 1. The Kier molecular flexibility index (Phi) is 5.67. The van der Waals surface area contributed by atoms with Gasteiger partial charge in [0.15, 0.2) is 0 Å². The van der Waals surface area contributed by atoms with Crippen molar-refractivity contribution in [1.82, 2.24) is 4.98 Å². The normalized spacial score (nSPS) is 19.4. The molecule has 0 aliphatic carbocycles. The molecule has 0 spiro atoms. The lowest BCUT2D eigenvalue weighted by Crippen LogP contribution is -2.29. The van der Waals surface area contributed by atoms with Crippen molar-refractivity contribution in [3.63, 3.8) is 0 Å². The van der Waals surface area contributed by atoms with Gasteiger partial charge in [-0.15, -0.1) is 0 Å². The number of fused-ring (bicyclic) bond motifs is 1. The lowest BCUT2D eigenvalue weighted by atomic mass is 9.87. The molecule has 1 unspecified atom stereocenters. The molecular formula is C29H28N2O4. The Morgan fingerprint density at radius 1 is 1.09 bits per heavy atom. The van der Waals surface area contributed by atoms with Crippen molar-refractivity contribution in [2.75, 3.05) is 11.5 Å². The molecule has 5 rings (SSSR count). The number of ether oxygens (including phenoxy) is 1. The molecule has 0 radical (unpaired) electrons. The van der Waals surface area contributed by atoms with Crippen LogP contribution >= 0.6 is 0 Å². The van der Waals surface area contributed by atoms with Crippen molar-refractivity contribution < 1.29 is 19.4 Å². The highest BCUT2D eigenvalue weighted by atomic mass is 16.5. The van der Waals surface area contributed by atoms with E-state index >= 15 is 0 Å². The van der Waals surface area contributed by atoms with Crippen LogP contribution in [0.2, 0.25) is 0 Å². The molecule has 3 heterocycles. The zero-order valence-electron chi connectivity index (χ0n) is 20.1. The zero-order chi connectivity index (χ0) is 24.7. The fraction of sp³-hybridized carbons (Fsp3) is 0.276. The summed E-state index contributed by atoms with van der Waals surface area (Å²) < 4.78 is 5.69. The van der Waals surface area contributed by atoms with Crippen molar-refractivity contribution in [1.29, 1.82) is 0 Å². The fourth-order valence-corrected chi connectivity index (χ4v) is 4.74. The summed E-state index contributed by atoms with van der Waals surface area (Å²) in [6.45, 7) is 7.02. The number of hydrogen-bond donors (Lipinski definition) is 1. The smallest absolute Gasteiger partial charge is 0.300 e. The molecule has 1 fully saturated rings. The lowest BCUT2D eigenvalue weighted by Gasteiger charge is -2.26. The Labute approximate surface area is 204 Å². The predicted molar refractivity (Wildman–Crippen MR) is 134 cm³/mol. The number of pyridine rings is 1. The van der Waals surface area contributed by atoms with Gasteiger partial charge in [-0.2, -0.15) is 0 Å². The highest BCUT2D eigenvalue weighted by Crippen LogP contribution is 2.42. The molecule has 35 heavy (non-hydrogen) atoms. The van der Waals surface area contributed by atoms with Gasteiger partial charge in [-0.05, 0) is 71.3 Å². The molecule has 1 amide bonds. The van der Waals surface area contributed by atoms with Crippen LogP contribution in [0.5, 0.6) is 5.75 Å². The van der Waals surface area contributed by atoms with Crippen LogP contribution in [0.4, 0.5) is 5.69 Å². The predicted octanol–water partition coefficient (Wildman–Crippen LogP) is 5.33. The van der Waals surface area contributed by atoms with E-state index in [0.717, 1.165) is 29.7 Å². The van der Waals surface area contributed by atoms with E-state index in [-0.39, 0.29) is 16.7 Å². The van der Waals surface area contributed by atoms with Crippen LogP contribution in [0, 0.1) is 0 Å². The number of carbonyl (C=O) groups excluding carboxylic acids is 2. The van der Waals surface area contributed by atoms with Crippen molar-refractivity contribution in [2.24, 2.45) is 0 Å². The molecule has 2 aliphatic heterocycles. The third kappa shape index (κ3) is 4.09. The average Bonchev–Trinajstić information content (AvgIpc) is 3.13. The lowest BCUT2D eigenvalue weighted by molar-refractivity contribution is -0.132. The van der Waals surface area contributed by atoms with Crippen LogP contribution in [-0.4, -0.2) is 28.4 Å². The van der Waals surface area contributed by atoms with E-state index in [0.29, 0.717) is 23.4 Å². The summed E-state index contributed by atoms with van der Waals surface area (Å²) in [5, 5.41) is 11.4. The molecule has 6 nitrogen and oxygen atoms in total. The molecular weight excluding hydrogens is 440 g/mol. The molecule has 0 saturated carbocycles. The van der Waals surface area contributed by atoms with Crippen molar-refractivity contribution in [3.05, 3.63) is 94.8 Å². The minimum atomic E-state index is -0.795. The van der Waals surface area contributed by atoms with E-state index in [9.17, 15) is 14.7 Å². The van der Waals surface area contributed by atoms with Crippen LogP contribution in [-0.2, 0) is 21.4 Å². The summed E-state index contributed by atoms with van der Waals surface area (Å²) >= 11 is 0. The van der Waals surface area contributed by atoms with E-state index in [1.165, 1.54) is 4.90 Å². The number of aryl methyl sites for hydroxylation is 1. The molecule has 1 atom stereocenters. The van der Waals surface area contributed by atoms with Crippen LogP contribution in [0.15, 0.2) is 72.6 Å². The van der Waals surface area contributed by atoms with Crippen molar-refractivity contribution >= 4 is 23.1 Å². The van der Waals surface area contributed by atoms with Gasteiger partial charge >= 0.3 is 0 Å². The van der Waals surface area contributed by atoms with E-state index in [1.54, 1.807) is 24.5 Å². The topological polar surface area (TPSA) is 79.7 Å². The molecule has 178 valence electrons. The van der Waals surface area contributed by atoms with Gasteiger partial charge in [0, 0.05) is 23.6 Å². The summed E-state index contributed by atoms with van der Waals surface area (Å²) in [5.74, 6) is -0.800. The first-order valence-corrected chi connectivity index (χ1v) is 11.8. The Balaban J connectivity index is 1.65. The van der Waals surface area contributed by atoms with Crippen molar-refractivity contribution in [3.8, 4) is 5.75 Å². The minimum absolute atomic E-state index is 0.0500. The summed E-state index contributed by atoms with van der Waals surface area (Å²) in [6, 6.07) is 15.8. The maximum absolute atomic E-state index is 13.3. The summed E-state index contributed by atoms with van der Waals surface area (Å²) in [6.07, 6.45) is 4.98. The monoisotopic (exact) mass is 468 g/mol. The van der Waals surface area contributed by atoms with Gasteiger partial charge in [-0.1, -0.05) is 39.0 Å². The maximum atomic E-state index is 13.3. The number of nitrogens with zero attached hydrogens (tertiary/aromatic N) is 2. The third-order valence-corrected chi connectivity index (χ3v) is 6.64.